The molecule has 1 amide bonds. The van der Waals surface area contributed by atoms with E-state index in [0.717, 1.165) is 16.9 Å². The van der Waals surface area contributed by atoms with Crippen molar-refractivity contribution in [2.75, 3.05) is 0 Å². The van der Waals surface area contributed by atoms with Crippen LogP contribution in [0.3, 0.4) is 0 Å². The lowest BCUT2D eigenvalue weighted by Crippen LogP contribution is -2.44. The highest BCUT2D eigenvalue weighted by Crippen LogP contribution is 2.18. The first-order valence-electron chi connectivity index (χ1n) is 7.38. The van der Waals surface area contributed by atoms with Gasteiger partial charge in [0.25, 0.3) is 5.91 Å². The highest BCUT2D eigenvalue weighted by molar-refractivity contribution is 5.81. The second kappa shape index (κ2) is 7.32. The van der Waals surface area contributed by atoms with Crippen LogP contribution in [-0.4, -0.2) is 18.1 Å². The van der Waals surface area contributed by atoms with Gasteiger partial charge < -0.3 is 10.1 Å². The molecular weight excluding hydrogens is 250 g/mol. The molecule has 3 heteroatoms. The second-order valence-electron chi connectivity index (χ2n) is 5.88. The normalized spacial score (nSPS) is 13.9. The molecule has 0 bridgehead atoms. The number of carbonyl (C=O) groups is 1. The molecule has 0 heterocycles. The van der Waals surface area contributed by atoms with E-state index in [4.69, 9.17) is 4.74 Å². The zero-order valence-corrected chi connectivity index (χ0v) is 13.5. The number of nitrogens with one attached hydrogen (secondary N) is 1. The van der Waals surface area contributed by atoms with Gasteiger partial charge in [0.1, 0.15) is 5.75 Å². The van der Waals surface area contributed by atoms with Crippen molar-refractivity contribution in [3.63, 3.8) is 0 Å². The number of carbonyl (C=O) groups excluding carboxylic acids is 1. The molecule has 0 aliphatic heterocycles. The van der Waals surface area contributed by atoms with Crippen LogP contribution in [0.5, 0.6) is 5.75 Å². The molecular formula is C17H27NO2. The summed E-state index contributed by atoms with van der Waals surface area (Å²) in [7, 11) is 0. The van der Waals surface area contributed by atoms with Crippen molar-refractivity contribution in [2.24, 2.45) is 5.92 Å². The van der Waals surface area contributed by atoms with Crippen LogP contribution in [0, 0.1) is 19.8 Å². The van der Waals surface area contributed by atoms with Crippen LogP contribution < -0.4 is 10.1 Å². The van der Waals surface area contributed by atoms with Crippen LogP contribution >= 0.6 is 0 Å². The predicted molar refractivity (Wildman–Crippen MR) is 83.1 cm³/mol. The van der Waals surface area contributed by atoms with Gasteiger partial charge in [-0.2, -0.15) is 0 Å². The lowest BCUT2D eigenvalue weighted by atomic mass is 10.1. The first-order chi connectivity index (χ1) is 9.33. The van der Waals surface area contributed by atoms with Crippen LogP contribution in [0.15, 0.2) is 18.2 Å². The fourth-order valence-electron chi connectivity index (χ4n) is 1.97. The fraction of sp³-hybridized carbons (Fsp3) is 0.588. The summed E-state index contributed by atoms with van der Waals surface area (Å²) in [6.07, 6.45) is 0.223. The molecule has 3 nitrogen and oxygen atoms in total. The Morgan fingerprint density at radius 1 is 1.15 bits per heavy atom. The maximum Gasteiger partial charge on any atom is 0.261 e. The molecule has 20 heavy (non-hydrogen) atoms. The molecule has 0 saturated heterocycles. The van der Waals surface area contributed by atoms with E-state index in [1.54, 1.807) is 0 Å². The van der Waals surface area contributed by atoms with E-state index in [9.17, 15) is 4.79 Å². The number of hydrogen-bond acceptors (Lipinski definition) is 2. The molecule has 0 spiro atoms. The van der Waals surface area contributed by atoms with Gasteiger partial charge in [0, 0.05) is 6.04 Å². The monoisotopic (exact) mass is 277 g/mol. The SMILES string of the molecule is CC[C@H](Oc1cc(C)cc(C)c1)C(=O)N[C@@H](C)C(C)C. The van der Waals surface area contributed by atoms with Gasteiger partial charge in [-0.05, 0) is 56.4 Å². The Kier molecular flexibility index (Phi) is 6.05. The number of ether oxygens (including phenoxy) is 1. The molecule has 1 rings (SSSR count). The van der Waals surface area contributed by atoms with E-state index >= 15 is 0 Å². The number of hydrogen-bond donors (Lipinski definition) is 1. The van der Waals surface area contributed by atoms with Crippen LogP contribution in [0.25, 0.3) is 0 Å². The van der Waals surface area contributed by atoms with Gasteiger partial charge in [0.15, 0.2) is 6.10 Å². The molecule has 1 aromatic rings. The van der Waals surface area contributed by atoms with E-state index in [2.05, 4.69) is 25.2 Å². The highest BCUT2D eigenvalue weighted by Gasteiger charge is 2.21. The Morgan fingerprint density at radius 2 is 1.70 bits per heavy atom. The maximum atomic E-state index is 12.2. The Labute approximate surface area is 122 Å². The molecule has 1 N–H and O–H groups in total. The Balaban J connectivity index is 2.73. The number of benzene rings is 1. The minimum Gasteiger partial charge on any atom is -0.481 e. The fourth-order valence-corrected chi connectivity index (χ4v) is 1.97. The van der Waals surface area contributed by atoms with E-state index in [1.807, 2.05) is 39.8 Å². The minimum absolute atomic E-state index is 0.0344. The van der Waals surface area contributed by atoms with Gasteiger partial charge in [0.05, 0.1) is 0 Å². The second-order valence-corrected chi connectivity index (χ2v) is 5.88. The summed E-state index contributed by atoms with van der Waals surface area (Å²) in [5, 5.41) is 3.02. The van der Waals surface area contributed by atoms with E-state index in [-0.39, 0.29) is 11.9 Å². The quantitative estimate of drug-likeness (QED) is 0.862. The summed E-state index contributed by atoms with van der Waals surface area (Å²) in [4.78, 5) is 12.2. The first kappa shape index (κ1) is 16.5. The van der Waals surface area contributed by atoms with E-state index < -0.39 is 6.10 Å². The average molecular weight is 277 g/mol. The van der Waals surface area contributed by atoms with Crippen LogP contribution in [0.4, 0.5) is 0 Å². The van der Waals surface area contributed by atoms with Gasteiger partial charge in [0.2, 0.25) is 0 Å². The van der Waals surface area contributed by atoms with Crippen molar-refractivity contribution in [1.82, 2.24) is 5.32 Å². The van der Waals surface area contributed by atoms with Gasteiger partial charge in [-0.25, -0.2) is 0 Å². The zero-order chi connectivity index (χ0) is 15.3. The van der Waals surface area contributed by atoms with Crippen molar-refractivity contribution in [2.45, 2.75) is 60.1 Å². The van der Waals surface area contributed by atoms with Crippen molar-refractivity contribution >= 4 is 5.91 Å². The summed E-state index contributed by atoms with van der Waals surface area (Å²) in [6.45, 7) is 12.2. The van der Waals surface area contributed by atoms with E-state index in [1.165, 1.54) is 0 Å². The third-order valence-electron chi connectivity index (χ3n) is 3.51. The summed E-state index contributed by atoms with van der Waals surface area (Å²) >= 11 is 0. The van der Waals surface area contributed by atoms with Crippen molar-refractivity contribution < 1.29 is 9.53 Å². The largest absolute Gasteiger partial charge is 0.481 e. The van der Waals surface area contributed by atoms with Crippen molar-refractivity contribution in [1.29, 1.82) is 0 Å². The third-order valence-corrected chi connectivity index (χ3v) is 3.51. The lowest BCUT2D eigenvalue weighted by molar-refractivity contribution is -0.129. The molecule has 0 aromatic heterocycles. The summed E-state index contributed by atoms with van der Waals surface area (Å²) in [5.41, 5.74) is 2.29. The third kappa shape index (κ3) is 4.87. The van der Waals surface area contributed by atoms with E-state index in [0.29, 0.717) is 12.3 Å². The zero-order valence-electron chi connectivity index (χ0n) is 13.5. The standard InChI is InChI=1S/C17H27NO2/c1-7-16(17(19)18-14(6)11(2)3)20-15-9-12(4)8-13(5)10-15/h8-11,14,16H,7H2,1-6H3,(H,18,19)/t14-,16-/m0/s1. The topological polar surface area (TPSA) is 38.3 Å². The predicted octanol–water partition coefficient (Wildman–Crippen LogP) is 3.62. The molecule has 0 radical (unpaired) electrons. The molecule has 0 unspecified atom stereocenters. The molecule has 2 atom stereocenters. The van der Waals surface area contributed by atoms with Gasteiger partial charge in [-0.3, -0.25) is 4.79 Å². The summed E-state index contributed by atoms with van der Waals surface area (Å²) < 4.78 is 5.86. The minimum atomic E-state index is -0.433. The Hall–Kier alpha value is -1.51. The van der Waals surface area contributed by atoms with Crippen molar-refractivity contribution in [3.8, 4) is 5.75 Å². The molecule has 0 fully saturated rings. The smallest absolute Gasteiger partial charge is 0.261 e. The van der Waals surface area contributed by atoms with Crippen molar-refractivity contribution in [3.05, 3.63) is 29.3 Å². The van der Waals surface area contributed by atoms with Gasteiger partial charge in [-0.15, -0.1) is 0 Å². The van der Waals surface area contributed by atoms with Gasteiger partial charge >= 0.3 is 0 Å². The Bertz CT molecular complexity index is 434. The lowest BCUT2D eigenvalue weighted by Gasteiger charge is -2.22. The number of amides is 1. The maximum absolute atomic E-state index is 12.2. The molecule has 0 aliphatic carbocycles. The molecule has 0 saturated carbocycles. The molecule has 1 aromatic carbocycles. The Morgan fingerprint density at radius 3 is 2.15 bits per heavy atom. The van der Waals surface area contributed by atoms with Crippen LogP contribution in [-0.2, 0) is 4.79 Å². The first-order valence-corrected chi connectivity index (χ1v) is 7.38. The summed E-state index contributed by atoms with van der Waals surface area (Å²) in [5.74, 6) is 1.15. The summed E-state index contributed by atoms with van der Waals surface area (Å²) in [6, 6.07) is 6.18. The molecule has 112 valence electrons. The average Bonchev–Trinajstić information content (AvgIpc) is 2.34. The number of rotatable bonds is 6. The number of aryl methyl sites for hydroxylation is 2. The molecule has 0 aliphatic rings. The van der Waals surface area contributed by atoms with Gasteiger partial charge in [-0.1, -0.05) is 26.8 Å². The van der Waals surface area contributed by atoms with Crippen LogP contribution in [0.1, 0.15) is 45.2 Å². The highest BCUT2D eigenvalue weighted by atomic mass is 16.5. The van der Waals surface area contributed by atoms with Crippen LogP contribution in [0.2, 0.25) is 0 Å².